The van der Waals surface area contributed by atoms with Crippen molar-refractivity contribution in [3.8, 4) is 0 Å². The van der Waals surface area contributed by atoms with Crippen LogP contribution in [0.3, 0.4) is 0 Å². The van der Waals surface area contributed by atoms with Gasteiger partial charge in [-0.1, -0.05) is 13.0 Å². The van der Waals surface area contributed by atoms with Gasteiger partial charge in [0.25, 0.3) is 0 Å². The van der Waals surface area contributed by atoms with E-state index in [-0.39, 0.29) is 17.8 Å². The maximum absolute atomic E-state index is 12.2. The molecule has 2 saturated carbocycles. The number of ether oxygens (including phenoxy) is 2. The van der Waals surface area contributed by atoms with Crippen molar-refractivity contribution in [2.75, 3.05) is 0 Å². The van der Waals surface area contributed by atoms with Crippen LogP contribution in [0, 0.1) is 11.3 Å². The number of carbonyl (C=O) groups is 2. The Morgan fingerprint density at radius 2 is 1.96 bits per heavy atom. The van der Waals surface area contributed by atoms with Gasteiger partial charge in [0.2, 0.25) is 5.79 Å². The van der Waals surface area contributed by atoms with Gasteiger partial charge >= 0.3 is 11.9 Å². The molecule has 27 heavy (non-hydrogen) atoms. The molecule has 0 bridgehead atoms. The molecular formula is C20H30O7. The lowest BCUT2D eigenvalue weighted by molar-refractivity contribution is -0.239. The first-order valence-corrected chi connectivity index (χ1v) is 9.17. The number of allylic oxidation sites excluding steroid dienone is 1. The van der Waals surface area contributed by atoms with Crippen LogP contribution in [-0.4, -0.2) is 45.1 Å². The summed E-state index contributed by atoms with van der Waals surface area (Å²) < 4.78 is 10.9. The molecule has 1 heterocycles. The van der Waals surface area contributed by atoms with Gasteiger partial charge in [-0.25, -0.2) is 9.59 Å². The SMILES string of the molecule is C/C=C(/C)C(=O)O[C@H]1CC[C@]2(C)C[C@]3(O)OC(=O)C(C)=C3C[C@H]2[C@]1(C)O.O. The first-order valence-electron chi connectivity index (χ1n) is 9.17. The summed E-state index contributed by atoms with van der Waals surface area (Å²) in [5.41, 5.74) is -0.237. The quantitative estimate of drug-likeness (QED) is 0.552. The molecule has 0 radical (unpaired) electrons. The monoisotopic (exact) mass is 382 g/mol. The molecule has 0 amide bonds. The van der Waals surface area contributed by atoms with Crippen LogP contribution in [0.2, 0.25) is 0 Å². The number of hydrogen-bond donors (Lipinski definition) is 2. The Hall–Kier alpha value is -1.70. The van der Waals surface area contributed by atoms with Crippen molar-refractivity contribution in [2.45, 2.75) is 77.8 Å². The summed E-state index contributed by atoms with van der Waals surface area (Å²) in [5.74, 6) is -2.76. The molecule has 152 valence electrons. The molecule has 3 aliphatic rings. The van der Waals surface area contributed by atoms with E-state index < -0.39 is 34.8 Å². The third-order valence-corrected chi connectivity index (χ3v) is 6.72. The van der Waals surface area contributed by atoms with Gasteiger partial charge < -0.3 is 25.2 Å². The van der Waals surface area contributed by atoms with Gasteiger partial charge in [-0.05, 0) is 52.4 Å². The van der Waals surface area contributed by atoms with Crippen LogP contribution >= 0.6 is 0 Å². The van der Waals surface area contributed by atoms with Crippen LogP contribution in [0.4, 0.5) is 0 Å². The molecule has 0 saturated heterocycles. The highest BCUT2D eigenvalue weighted by atomic mass is 16.7. The van der Waals surface area contributed by atoms with Crippen molar-refractivity contribution < 1.29 is 34.8 Å². The van der Waals surface area contributed by atoms with Gasteiger partial charge in [-0.3, -0.25) is 0 Å². The standard InChI is InChI=1S/C20H28O6.H2O/c1-6-11(2)16(21)25-15-7-8-18(4)10-20(24)13(12(3)17(22)26-20)9-14(18)19(15,5)23;/h6,14-15,23-24H,7-10H2,1-5H3;1H2/b11-6-;/t14-,15+,18-,19+,20+;/m1./s1. The molecule has 1 aliphatic heterocycles. The zero-order valence-electron chi connectivity index (χ0n) is 16.6. The molecule has 2 aliphatic carbocycles. The maximum Gasteiger partial charge on any atom is 0.336 e. The van der Waals surface area contributed by atoms with Gasteiger partial charge in [0, 0.05) is 29.1 Å². The Kier molecular flexibility index (Phi) is 5.38. The van der Waals surface area contributed by atoms with E-state index in [0.29, 0.717) is 36.0 Å². The molecule has 0 aromatic heterocycles. The number of rotatable bonds is 2. The number of esters is 2. The molecule has 5 atom stereocenters. The minimum Gasteiger partial charge on any atom is -0.456 e. The van der Waals surface area contributed by atoms with E-state index in [1.54, 1.807) is 33.8 Å². The molecule has 2 fully saturated rings. The van der Waals surface area contributed by atoms with Crippen LogP contribution in [0.25, 0.3) is 0 Å². The predicted octanol–water partition coefficient (Wildman–Crippen LogP) is 1.56. The zero-order valence-corrected chi connectivity index (χ0v) is 16.6. The lowest BCUT2D eigenvalue weighted by Crippen LogP contribution is -2.62. The van der Waals surface area contributed by atoms with Crippen LogP contribution in [-0.2, 0) is 19.1 Å². The molecule has 0 aromatic carbocycles. The first-order chi connectivity index (χ1) is 11.9. The largest absolute Gasteiger partial charge is 0.456 e. The second-order valence-corrected chi connectivity index (χ2v) is 8.50. The van der Waals surface area contributed by atoms with Crippen molar-refractivity contribution in [3.05, 3.63) is 22.8 Å². The summed E-state index contributed by atoms with van der Waals surface area (Å²) in [7, 11) is 0. The third kappa shape index (κ3) is 3.22. The summed E-state index contributed by atoms with van der Waals surface area (Å²) in [6, 6.07) is 0. The van der Waals surface area contributed by atoms with Gasteiger partial charge in [0.15, 0.2) is 0 Å². The van der Waals surface area contributed by atoms with Gasteiger partial charge in [-0.15, -0.1) is 0 Å². The van der Waals surface area contributed by atoms with Crippen LogP contribution in [0.5, 0.6) is 0 Å². The van der Waals surface area contributed by atoms with Gasteiger partial charge in [-0.2, -0.15) is 0 Å². The molecule has 4 N–H and O–H groups in total. The fourth-order valence-electron chi connectivity index (χ4n) is 4.95. The molecule has 0 unspecified atom stereocenters. The third-order valence-electron chi connectivity index (χ3n) is 6.72. The van der Waals surface area contributed by atoms with E-state index in [2.05, 4.69) is 0 Å². The highest BCUT2D eigenvalue weighted by Gasteiger charge is 2.63. The van der Waals surface area contributed by atoms with Crippen molar-refractivity contribution in [2.24, 2.45) is 11.3 Å². The minimum absolute atomic E-state index is 0. The fraction of sp³-hybridized carbons (Fsp3) is 0.700. The van der Waals surface area contributed by atoms with Crippen molar-refractivity contribution in [1.82, 2.24) is 0 Å². The Balaban J connectivity index is 0.00000261. The van der Waals surface area contributed by atoms with E-state index in [4.69, 9.17) is 9.47 Å². The highest BCUT2D eigenvalue weighted by molar-refractivity contribution is 5.92. The van der Waals surface area contributed by atoms with Crippen LogP contribution in [0.15, 0.2) is 22.8 Å². The van der Waals surface area contributed by atoms with Crippen molar-refractivity contribution in [1.29, 1.82) is 0 Å². The smallest absolute Gasteiger partial charge is 0.336 e. The fourth-order valence-corrected chi connectivity index (χ4v) is 4.95. The Bertz CT molecular complexity index is 720. The van der Waals surface area contributed by atoms with Gasteiger partial charge in [0.1, 0.15) is 11.7 Å². The van der Waals surface area contributed by atoms with Crippen LogP contribution in [0.1, 0.15) is 60.3 Å². The zero-order chi connectivity index (χ0) is 19.5. The second-order valence-electron chi connectivity index (χ2n) is 8.50. The highest BCUT2D eigenvalue weighted by Crippen LogP contribution is 2.60. The normalized spacial score (nSPS) is 41.3. The summed E-state index contributed by atoms with van der Waals surface area (Å²) in [4.78, 5) is 24.1. The molecule has 3 rings (SSSR count). The first kappa shape index (κ1) is 21.6. The molecule has 7 nitrogen and oxygen atoms in total. The number of fused-ring (bicyclic) bond motifs is 2. The molecule has 0 spiro atoms. The molecule has 7 heteroatoms. The van der Waals surface area contributed by atoms with Crippen molar-refractivity contribution in [3.63, 3.8) is 0 Å². The van der Waals surface area contributed by atoms with E-state index in [1.165, 1.54) is 0 Å². The number of aliphatic hydroxyl groups is 2. The average Bonchev–Trinajstić information content (AvgIpc) is 2.76. The summed E-state index contributed by atoms with van der Waals surface area (Å²) in [5, 5.41) is 22.2. The molecular weight excluding hydrogens is 352 g/mol. The number of hydrogen-bond acceptors (Lipinski definition) is 6. The van der Waals surface area contributed by atoms with Crippen LogP contribution < -0.4 is 0 Å². The summed E-state index contributed by atoms with van der Waals surface area (Å²) >= 11 is 0. The summed E-state index contributed by atoms with van der Waals surface area (Å²) in [6.45, 7) is 8.78. The second kappa shape index (κ2) is 6.72. The number of carbonyl (C=O) groups excluding carboxylic acids is 2. The molecule has 0 aromatic rings. The Labute approximate surface area is 159 Å². The van der Waals surface area contributed by atoms with E-state index in [0.717, 1.165) is 0 Å². The lowest BCUT2D eigenvalue weighted by Gasteiger charge is -2.57. The van der Waals surface area contributed by atoms with Crippen molar-refractivity contribution >= 4 is 11.9 Å². The minimum atomic E-state index is -1.58. The predicted molar refractivity (Wildman–Crippen MR) is 97.4 cm³/mol. The van der Waals surface area contributed by atoms with E-state index >= 15 is 0 Å². The van der Waals surface area contributed by atoms with E-state index in [9.17, 15) is 19.8 Å². The topological polar surface area (TPSA) is 125 Å². The lowest BCUT2D eigenvalue weighted by atomic mass is 9.52. The summed E-state index contributed by atoms with van der Waals surface area (Å²) in [6.07, 6.45) is 2.79. The van der Waals surface area contributed by atoms with E-state index in [1.807, 2.05) is 6.92 Å². The maximum atomic E-state index is 12.2. The Morgan fingerprint density at radius 1 is 1.33 bits per heavy atom. The average molecular weight is 382 g/mol. The van der Waals surface area contributed by atoms with Gasteiger partial charge in [0.05, 0.1) is 0 Å². The Morgan fingerprint density at radius 3 is 2.56 bits per heavy atom.